The summed E-state index contributed by atoms with van der Waals surface area (Å²) in [5.74, 6) is 0.206. The largest absolute Gasteiger partial charge is 0.336 e. The Morgan fingerprint density at radius 3 is 2.67 bits per heavy atom. The minimum Gasteiger partial charge on any atom is -0.336 e. The number of piperazine rings is 1. The SMILES string of the molecule is CN1CCN(C(=O)C2=CCC=CS2)CC1. The van der Waals surface area contributed by atoms with E-state index in [4.69, 9.17) is 0 Å². The lowest BCUT2D eigenvalue weighted by Crippen LogP contribution is -2.47. The molecule has 2 aliphatic heterocycles. The van der Waals surface area contributed by atoms with Gasteiger partial charge in [-0.15, -0.1) is 0 Å². The number of hydrogen-bond acceptors (Lipinski definition) is 3. The number of carbonyl (C=O) groups excluding carboxylic acids is 1. The number of amides is 1. The van der Waals surface area contributed by atoms with E-state index in [9.17, 15) is 4.79 Å². The number of allylic oxidation sites excluding steroid dienone is 2. The summed E-state index contributed by atoms with van der Waals surface area (Å²) in [7, 11) is 2.10. The van der Waals surface area contributed by atoms with Gasteiger partial charge in [-0.3, -0.25) is 4.79 Å². The smallest absolute Gasteiger partial charge is 0.260 e. The molecule has 0 aliphatic carbocycles. The molecule has 0 radical (unpaired) electrons. The van der Waals surface area contributed by atoms with Crippen LogP contribution in [-0.4, -0.2) is 48.9 Å². The lowest BCUT2D eigenvalue weighted by atomic mass is 10.3. The van der Waals surface area contributed by atoms with Crippen LogP contribution in [0.5, 0.6) is 0 Å². The third-order valence-electron chi connectivity index (χ3n) is 2.73. The molecule has 0 atom stereocenters. The van der Waals surface area contributed by atoms with Gasteiger partial charge in [0.25, 0.3) is 5.91 Å². The molecule has 1 amide bonds. The first-order chi connectivity index (χ1) is 7.27. The molecule has 1 fully saturated rings. The van der Waals surface area contributed by atoms with Crippen molar-refractivity contribution in [3.63, 3.8) is 0 Å². The van der Waals surface area contributed by atoms with Crippen LogP contribution in [0.15, 0.2) is 22.5 Å². The molecule has 2 rings (SSSR count). The molecule has 4 heteroatoms. The minimum atomic E-state index is 0.206. The second-order valence-corrected chi connectivity index (χ2v) is 4.84. The van der Waals surface area contributed by atoms with Crippen LogP contribution in [0.3, 0.4) is 0 Å². The minimum absolute atomic E-state index is 0.206. The first-order valence-electron chi connectivity index (χ1n) is 5.27. The Balaban J connectivity index is 1.93. The molecule has 0 saturated carbocycles. The Labute approximate surface area is 94.8 Å². The number of likely N-dealkylation sites (N-methyl/N-ethyl adjacent to an activating group) is 1. The molecule has 0 aromatic carbocycles. The third-order valence-corrected chi connectivity index (χ3v) is 3.66. The van der Waals surface area contributed by atoms with Gasteiger partial charge >= 0.3 is 0 Å². The fourth-order valence-electron chi connectivity index (χ4n) is 1.70. The van der Waals surface area contributed by atoms with Crippen LogP contribution in [0.2, 0.25) is 0 Å². The van der Waals surface area contributed by atoms with Crippen molar-refractivity contribution < 1.29 is 4.79 Å². The molecule has 0 spiro atoms. The molecular weight excluding hydrogens is 208 g/mol. The average Bonchev–Trinajstić information content (AvgIpc) is 2.30. The monoisotopic (exact) mass is 224 g/mol. The standard InChI is InChI=1S/C11H16N2OS/c1-12-5-7-13(8-6-12)11(14)10-4-2-3-9-15-10/h3-4,9H,2,5-8H2,1H3. The van der Waals surface area contributed by atoms with Crippen LogP contribution < -0.4 is 0 Å². The molecular formula is C11H16N2OS. The molecule has 0 aromatic rings. The summed E-state index contributed by atoms with van der Waals surface area (Å²) in [6, 6.07) is 0. The van der Waals surface area contributed by atoms with Crippen molar-refractivity contribution in [1.29, 1.82) is 0 Å². The van der Waals surface area contributed by atoms with Crippen LogP contribution in [0.1, 0.15) is 6.42 Å². The Hall–Kier alpha value is -0.740. The van der Waals surface area contributed by atoms with Crippen molar-refractivity contribution in [2.45, 2.75) is 6.42 Å². The van der Waals surface area contributed by atoms with E-state index >= 15 is 0 Å². The molecule has 1 saturated heterocycles. The van der Waals surface area contributed by atoms with E-state index in [1.807, 2.05) is 16.4 Å². The summed E-state index contributed by atoms with van der Waals surface area (Å²) in [4.78, 5) is 17.1. The molecule has 2 heterocycles. The van der Waals surface area contributed by atoms with Crippen LogP contribution in [0.25, 0.3) is 0 Å². The number of hydrogen-bond donors (Lipinski definition) is 0. The highest BCUT2D eigenvalue weighted by atomic mass is 32.2. The highest BCUT2D eigenvalue weighted by molar-refractivity contribution is 8.06. The highest BCUT2D eigenvalue weighted by Crippen LogP contribution is 2.24. The molecule has 0 unspecified atom stereocenters. The summed E-state index contributed by atoms with van der Waals surface area (Å²) in [5.41, 5.74) is 0. The van der Waals surface area contributed by atoms with Gasteiger partial charge in [-0.25, -0.2) is 0 Å². The van der Waals surface area contributed by atoms with E-state index in [2.05, 4.69) is 18.0 Å². The Morgan fingerprint density at radius 1 is 1.33 bits per heavy atom. The third kappa shape index (κ3) is 2.63. The van der Waals surface area contributed by atoms with E-state index in [0.717, 1.165) is 37.5 Å². The van der Waals surface area contributed by atoms with Crippen molar-refractivity contribution in [3.8, 4) is 0 Å². The predicted molar refractivity (Wildman–Crippen MR) is 63.5 cm³/mol. The zero-order valence-corrected chi connectivity index (χ0v) is 9.80. The second kappa shape index (κ2) is 4.86. The lowest BCUT2D eigenvalue weighted by molar-refractivity contribution is -0.127. The topological polar surface area (TPSA) is 23.6 Å². The van der Waals surface area contributed by atoms with E-state index in [1.165, 1.54) is 0 Å². The summed E-state index contributed by atoms with van der Waals surface area (Å²) in [5, 5.41) is 2.00. The second-order valence-electron chi connectivity index (χ2n) is 3.89. The summed E-state index contributed by atoms with van der Waals surface area (Å²) >= 11 is 1.54. The van der Waals surface area contributed by atoms with Gasteiger partial charge in [0.05, 0.1) is 4.91 Å². The summed E-state index contributed by atoms with van der Waals surface area (Å²) < 4.78 is 0. The Morgan fingerprint density at radius 2 is 2.07 bits per heavy atom. The van der Waals surface area contributed by atoms with Gasteiger partial charge < -0.3 is 9.80 Å². The van der Waals surface area contributed by atoms with Crippen LogP contribution >= 0.6 is 11.8 Å². The molecule has 15 heavy (non-hydrogen) atoms. The van der Waals surface area contributed by atoms with Gasteiger partial charge in [-0.2, -0.15) is 0 Å². The van der Waals surface area contributed by atoms with E-state index in [1.54, 1.807) is 11.8 Å². The van der Waals surface area contributed by atoms with Crippen LogP contribution in [-0.2, 0) is 4.79 Å². The maximum Gasteiger partial charge on any atom is 0.260 e. The first kappa shape index (κ1) is 10.8. The Bertz CT molecular complexity index is 304. The van der Waals surface area contributed by atoms with Gasteiger partial charge in [0, 0.05) is 26.2 Å². The van der Waals surface area contributed by atoms with Crippen molar-refractivity contribution in [2.75, 3.05) is 33.2 Å². The van der Waals surface area contributed by atoms with Gasteiger partial charge in [0.15, 0.2) is 0 Å². The predicted octanol–water partition coefficient (Wildman–Crippen LogP) is 1.29. The summed E-state index contributed by atoms with van der Waals surface area (Å²) in [6.45, 7) is 3.69. The van der Waals surface area contributed by atoms with Crippen molar-refractivity contribution in [1.82, 2.24) is 9.80 Å². The number of carbonyl (C=O) groups is 1. The molecule has 2 aliphatic rings. The number of rotatable bonds is 1. The maximum absolute atomic E-state index is 12.0. The molecule has 0 bridgehead atoms. The van der Waals surface area contributed by atoms with E-state index in [0.29, 0.717) is 0 Å². The fourth-order valence-corrected chi connectivity index (χ4v) is 2.48. The van der Waals surface area contributed by atoms with Gasteiger partial charge in [0.1, 0.15) is 0 Å². The average molecular weight is 224 g/mol. The first-order valence-corrected chi connectivity index (χ1v) is 6.15. The normalized spacial score (nSPS) is 22.7. The van der Waals surface area contributed by atoms with Crippen LogP contribution in [0, 0.1) is 0 Å². The van der Waals surface area contributed by atoms with Crippen molar-refractivity contribution in [3.05, 3.63) is 22.5 Å². The number of thioether (sulfide) groups is 1. The van der Waals surface area contributed by atoms with Gasteiger partial charge in [0.2, 0.25) is 0 Å². The molecule has 0 N–H and O–H groups in total. The zero-order valence-electron chi connectivity index (χ0n) is 8.98. The Kier molecular flexibility index (Phi) is 3.49. The van der Waals surface area contributed by atoms with Crippen LogP contribution in [0.4, 0.5) is 0 Å². The highest BCUT2D eigenvalue weighted by Gasteiger charge is 2.22. The fraction of sp³-hybridized carbons (Fsp3) is 0.545. The number of nitrogens with zero attached hydrogens (tertiary/aromatic N) is 2. The molecule has 0 aromatic heterocycles. The van der Waals surface area contributed by atoms with Gasteiger partial charge in [-0.05, 0) is 18.9 Å². The van der Waals surface area contributed by atoms with Crippen molar-refractivity contribution in [2.24, 2.45) is 0 Å². The molecule has 3 nitrogen and oxygen atoms in total. The van der Waals surface area contributed by atoms with E-state index < -0.39 is 0 Å². The van der Waals surface area contributed by atoms with Gasteiger partial charge in [-0.1, -0.05) is 23.9 Å². The summed E-state index contributed by atoms with van der Waals surface area (Å²) in [6.07, 6.45) is 4.98. The zero-order chi connectivity index (χ0) is 10.7. The quantitative estimate of drug-likeness (QED) is 0.670. The molecule has 82 valence electrons. The maximum atomic E-state index is 12.0. The van der Waals surface area contributed by atoms with E-state index in [-0.39, 0.29) is 5.91 Å². The van der Waals surface area contributed by atoms with Crippen molar-refractivity contribution >= 4 is 17.7 Å². The lowest BCUT2D eigenvalue weighted by Gasteiger charge is -2.32.